The average molecular weight is 475 g/mol. The minimum atomic E-state index is -3.20. The fraction of sp³-hybridized carbons (Fsp3) is 0.522. The first-order valence-electron chi connectivity index (χ1n) is 11.4. The Morgan fingerprint density at radius 1 is 1.09 bits per heavy atom. The summed E-state index contributed by atoms with van der Waals surface area (Å²) >= 11 is 1.70. The number of piperidine rings is 1. The lowest BCUT2D eigenvalue weighted by Gasteiger charge is -2.31. The maximum Gasteiger partial charge on any atom is 0.214 e. The molecule has 0 atom stereocenters. The van der Waals surface area contributed by atoms with Crippen molar-refractivity contribution in [2.45, 2.75) is 25.2 Å². The van der Waals surface area contributed by atoms with Gasteiger partial charge < -0.3 is 4.74 Å². The minimum absolute atomic E-state index is 0.228. The fourth-order valence-corrected chi connectivity index (χ4v) is 6.98. The third-order valence-corrected chi connectivity index (χ3v) is 9.31. The zero-order valence-corrected chi connectivity index (χ0v) is 19.8. The van der Waals surface area contributed by atoms with Crippen LogP contribution in [-0.2, 0) is 14.8 Å². The summed E-state index contributed by atoms with van der Waals surface area (Å²) in [6, 6.07) is 8.52. The number of nitrogens with zero attached hydrogens (tertiary/aromatic N) is 3. The predicted molar refractivity (Wildman–Crippen MR) is 129 cm³/mol. The number of hydrogen-bond acceptors (Lipinski definition) is 6. The first-order chi connectivity index (χ1) is 15.6. The Morgan fingerprint density at radius 2 is 1.91 bits per heavy atom. The Balaban J connectivity index is 1.20. The van der Waals surface area contributed by atoms with Crippen molar-refractivity contribution in [3.63, 3.8) is 0 Å². The zero-order chi connectivity index (χ0) is 22.0. The summed E-state index contributed by atoms with van der Waals surface area (Å²) in [5, 5.41) is 13.1. The quantitative estimate of drug-likeness (QED) is 0.567. The lowest BCUT2D eigenvalue weighted by atomic mass is 9.92. The molecule has 7 nitrogen and oxygen atoms in total. The molecule has 32 heavy (non-hydrogen) atoms. The van der Waals surface area contributed by atoms with E-state index in [1.165, 1.54) is 11.1 Å². The summed E-state index contributed by atoms with van der Waals surface area (Å²) < 4.78 is 32.8. The Hall–Kier alpha value is -1.78. The lowest BCUT2D eigenvalue weighted by molar-refractivity contribution is 0.0380. The number of morpholine rings is 1. The van der Waals surface area contributed by atoms with Crippen LogP contribution in [-0.4, -0.2) is 79.5 Å². The van der Waals surface area contributed by atoms with Gasteiger partial charge in [-0.2, -0.15) is 16.4 Å². The number of ether oxygens (including phenoxy) is 1. The molecule has 0 spiro atoms. The largest absolute Gasteiger partial charge is 0.379 e. The SMILES string of the molecule is O=S(=O)(CCCN1CCOCC1)N1CCC(c2[nH]nc3ccc(-c4ccsc4)cc23)CC1. The molecular weight excluding hydrogens is 444 g/mol. The highest BCUT2D eigenvalue weighted by Gasteiger charge is 2.30. The van der Waals surface area contributed by atoms with Crippen molar-refractivity contribution in [2.75, 3.05) is 51.7 Å². The number of benzene rings is 1. The van der Waals surface area contributed by atoms with Crippen LogP contribution >= 0.6 is 11.3 Å². The van der Waals surface area contributed by atoms with Crippen LogP contribution < -0.4 is 0 Å². The molecular formula is C23H30N4O3S2. The molecule has 0 amide bonds. The number of hydrogen-bond donors (Lipinski definition) is 1. The molecule has 9 heteroatoms. The molecule has 0 radical (unpaired) electrons. The number of thiophene rings is 1. The van der Waals surface area contributed by atoms with Crippen molar-refractivity contribution in [1.29, 1.82) is 0 Å². The van der Waals surface area contributed by atoms with Crippen molar-refractivity contribution in [3.8, 4) is 11.1 Å². The van der Waals surface area contributed by atoms with Gasteiger partial charge in [-0.1, -0.05) is 6.07 Å². The van der Waals surface area contributed by atoms with Gasteiger partial charge in [-0.15, -0.1) is 0 Å². The van der Waals surface area contributed by atoms with Crippen LogP contribution in [0.15, 0.2) is 35.0 Å². The highest BCUT2D eigenvalue weighted by Crippen LogP contribution is 2.34. The average Bonchev–Trinajstić information content (AvgIpc) is 3.50. The van der Waals surface area contributed by atoms with Gasteiger partial charge in [0.05, 0.1) is 24.5 Å². The molecule has 2 aliphatic heterocycles. The van der Waals surface area contributed by atoms with Crippen molar-refractivity contribution in [2.24, 2.45) is 0 Å². The van der Waals surface area contributed by atoms with E-state index in [-0.39, 0.29) is 5.75 Å². The highest BCUT2D eigenvalue weighted by molar-refractivity contribution is 7.89. The summed E-state index contributed by atoms with van der Waals surface area (Å²) in [7, 11) is -3.20. The second-order valence-electron chi connectivity index (χ2n) is 8.68. The first-order valence-corrected chi connectivity index (χ1v) is 13.9. The second-order valence-corrected chi connectivity index (χ2v) is 11.5. The first kappa shape index (κ1) is 22.0. The Kier molecular flexibility index (Phi) is 6.61. The van der Waals surface area contributed by atoms with E-state index in [9.17, 15) is 8.42 Å². The van der Waals surface area contributed by atoms with Crippen LogP contribution in [0.1, 0.15) is 30.9 Å². The minimum Gasteiger partial charge on any atom is -0.379 e. The van der Waals surface area contributed by atoms with Gasteiger partial charge >= 0.3 is 0 Å². The van der Waals surface area contributed by atoms with Gasteiger partial charge in [0.15, 0.2) is 0 Å². The van der Waals surface area contributed by atoms with E-state index < -0.39 is 10.0 Å². The number of rotatable bonds is 7. The van der Waals surface area contributed by atoms with Gasteiger partial charge in [-0.05, 0) is 65.9 Å². The predicted octanol–water partition coefficient (Wildman–Crippen LogP) is 3.52. The van der Waals surface area contributed by atoms with Crippen molar-refractivity contribution in [3.05, 3.63) is 40.7 Å². The van der Waals surface area contributed by atoms with Crippen LogP contribution in [0, 0.1) is 0 Å². The van der Waals surface area contributed by atoms with Crippen LogP contribution in [0.3, 0.4) is 0 Å². The molecule has 2 saturated heterocycles. The van der Waals surface area contributed by atoms with E-state index in [4.69, 9.17) is 4.74 Å². The Morgan fingerprint density at radius 3 is 2.66 bits per heavy atom. The summed E-state index contributed by atoms with van der Waals surface area (Å²) in [5.41, 5.74) is 4.53. The van der Waals surface area contributed by atoms with Crippen molar-refractivity contribution in [1.82, 2.24) is 19.4 Å². The Bertz CT molecular complexity index is 1130. The number of H-pyrrole nitrogens is 1. The van der Waals surface area contributed by atoms with E-state index in [0.29, 0.717) is 25.4 Å². The number of aromatic amines is 1. The van der Waals surface area contributed by atoms with Crippen molar-refractivity contribution >= 4 is 32.3 Å². The maximum absolute atomic E-state index is 12.9. The van der Waals surface area contributed by atoms with Crippen LogP contribution in [0.2, 0.25) is 0 Å². The van der Waals surface area contributed by atoms with Gasteiger partial charge in [-0.25, -0.2) is 12.7 Å². The van der Waals surface area contributed by atoms with Gasteiger partial charge in [0, 0.05) is 43.2 Å². The maximum atomic E-state index is 12.9. The van der Waals surface area contributed by atoms with Gasteiger partial charge in [0.1, 0.15) is 0 Å². The molecule has 3 aromatic rings. The highest BCUT2D eigenvalue weighted by atomic mass is 32.2. The number of nitrogens with one attached hydrogen (secondary N) is 1. The number of sulfonamides is 1. The molecule has 1 aromatic carbocycles. The summed E-state index contributed by atoms with van der Waals surface area (Å²) in [6.45, 7) is 5.28. The molecule has 2 fully saturated rings. The van der Waals surface area contributed by atoms with E-state index >= 15 is 0 Å². The van der Waals surface area contributed by atoms with Crippen LogP contribution in [0.4, 0.5) is 0 Å². The molecule has 2 aromatic heterocycles. The van der Waals surface area contributed by atoms with Gasteiger partial charge in [0.25, 0.3) is 0 Å². The van der Waals surface area contributed by atoms with E-state index in [0.717, 1.165) is 62.3 Å². The Labute approximate surface area is 193 Å². The van der Waals surface area contributed by atoms with E-state index in [1.807, 2.05) is 0 Å². The van der Waals surface area contributed by atoms with Crippen LogP contribution in [0.25, 0.3) is 22.0 Å². The summed E-state index contributed by atoms with van der Waals surface area (Å²) in [5.74, 6) is 0.531. The molecule has 0 saturated carbocycles. The standard InChI is InChI=1S/C23H30N4O3S2/c28-32(29,15-1-7-26-10-12-30-13-11-26)27-8-4-18(5-9-27)23-21-16-19(20-6-14-31-17-20)2-3-22(21)24-25-23/h2-3,6,14,16-18H,1,4-5,7-13,15H2,(H,24,25). The second kappa shape index (κ2) is 9.61. The molecule has 1 N–H and O–H groups in total. The van der Waals surface area contributed by atoms with E-state index in [1.54, 1.807) is 15.6 Å². The van der Waals surface area contributed by atoms with Gasteiger partial charge in [0.2, 0.25) is 10.0 Å². The molecule has 4 heterocycles. The topological polar surface area (TPSA) is 78.5 Å². The molecule has 0 aliphatic carbocycles. The monoisotopic (exact) mass is 474 g/mol. The number of aromatic nitrogens is 2. The molecule has 2 aliphatic rings. The summed E-state index contributed by atoms with van der Waals surface area (Å²) in [6.07, 6.45) is 2.32. The smallest absolute Gasteiger partial charge is 0.214 e. The molecule has 0 bridgehead atoms. The van der Waals surface area contributed by atoms with Gasteiger partial charge in [-0.3, -0.25) is 10.00 Å². The zero-order valence-electron chi connectivity index (χ0n) is 18.2. The van der Waals surface area contributed by atoms with Crippen molar-refractivity contribution < 1.29 is 13.2 Å². The normalized spacial score (nSPS) is 19.6. The number of fused-ring (bicyclic) bond motifs is 1. The molecule has 5 rings (SSSR count). The molecule has 172 valence electrons. The third-order valence-electron chi connectivity index (χ3n) is 6.67. The molecule has 0 unspecified atom stereocenters. The fourth-order valence-electron chi connectivity index (χ4n) is 4.80. The van der Waals surface area contributed by atoms with Crippen LogP contribution in [0.5, 0.6) is 0 Å². The summed E-state index contributed by atoms with van der Waals surface area (Å²) in [4.78, 5) is 2.29. The third kappa shape index (κ3) is 4.77. The van der Waals surface area contributed by atoms with E-state index in [2.05, 4.69) is 50.1 Å². The lowest BCUT2D eigenvalue weighted by Crippen LogP contribution is -2.41.